The van der Waals surface area contributed by atoms with Crippen LogP contribution in [0.25, 0.3) is 0 Å². The first-order valence-corrected chi connectivity index (χ1v) is 12.6. The van der Waals surface area contributed by atoms with E-state index in [1.54, 1.807) is 17.6 Å². The van der Waals surface area contributed by atoms with E-state index in [9.17, 15) is 9.18 Å². The maximum atomic E-state index is 13.9. The van der Waals surface area contributed by atoms with Crippen LogP contribution in [0.4, 0.5) is 10.1 Å². The van der Waals surface area contributed by atoms with E-state index in [2.05, 4.69) is 23.2 Å². The van der Waals surface area contributed by atoms with Crippen LogP contribution < -0.4 is 15.8 Å². The number of amides is 1. The summed E-state index contributed by atoms with van der Waals surface area (Å²) in [6.45, 7) is 6.42. The molecule has 1 saturated heterocycles. The third-order valence-electron chi connectivity index (χ3n) is 7.29. The van der Waals surface area contributed by atoms with Crippen LogP contribution in [0.2, 0.25) is 0 Å². The lowest BCUT2D eigenvalue weighted by Gasteiger charge is -2.35. The standard InChI is InChI=1S/C28H34FN5O2/c1-18-12-22(6-7-25(18)29)26(21-4-5-21)31-27(35)23-13-20(16-33-9-8-32(3)28(33)30)14-24(15-23)34-10-11-36-17-19(34)2/h6-9,12-15,19,21,26,30H,4-5,10-11,16-17H2,1-3H3,(H,31,35)/t19-,26+/m1/s1. The van der Waals surface area contributed by atoms with Gasteiger partial charge in [0.05, 0.1) is 25.8 Å². The van der Waals surface area contributed by atoms with E-state index in [4.69, 9.17) is 10.1 Å². The summed E-state index contributed by atoms with van der Waals surface area (Å²) >= 11 is 0. The van der Waals surface area contributed by atoms with Crippen molar-refractivity contribution in [3.63, 3.8) is 0 Å². The molecule has 2 atom stereocenters. The van der Waals surface area contributed by atoms with Gasteiger partial charge in [-0.25, -0.2) is 4.39 Å². The summed E-state index contributed by atoms with van der Waals surface area (Å²) in [4.78, 5) is 15.9. The Labute approximate surface area is 211 Å². The number of aryl methyl sites for hydroxylation is 2. The first-order valence-electron chi connectivity index (χ1n) is 12.6. The van der Waals surface area contributed by atoms with Gasteiger partial charge in [-0.1, -0.05) is 12.1 Å². The van der Waals surface area contributed by atoms with Crippen molar-refractivity contribution in [3.8, 4) is 0 Å². The van der Waals surface area contributed by atoms with Gasteiger partial charge in [0.2, 0.25) is 5.62 Å². The zero-order valence-electron chi connectivity index (χ0n) is 21.1. The largest absolute Gasteiger partial charge is 0.377 e. The van der Waals surface area contributed by atoms with Gasteiger partial charge >= 0.3 is 0 Å². The van der Waals surface area contributed by atoms with E-state index < -0.39 is 0 Å². The number of imidazole rings is 1. The molecule has 7 nitrogen and oxygen atoms in total. The minimum atomic E-state index is -0.233. The zero-order chi connectivity index (χ0) is 25.4. The Morgan fingerprint density at radius 3 is 2.69 bits per heavy atom. The van der Waals surface area contributed by atoms with Crippen molar-refractivity contribution in [3.05, 3.63) is 82.5 Å². The summed E-state index contributed by atoms with van der Waals surface area (Å²) in [6.07, 6.45) is 5.84. The van der Waals surface area contributed by atoms with E-state index >= 15 is 0 Å². The van der Waals surface area contributed by atoms with Gasteiger partial charge < -0.3 is 24.1 Å². The Bertz CT molecular complexity index is 1330. The molecular formula is C28H34FN5O2. The molecule has 0 bridgehead atoms. The fraction of sp³-hybridized carbons (Fsp3) is 0.429. The number of benzene rings is 2. The van der Waals surface area contributed by atoms with Gasteiger partial charge in [0, 0.05) is 43.3 Å². The van der Waals surface area contributed by atoms with Gasteiger partial charge in [0.1, 0.15) is 5.82 Å². The summed E-state index contributed by atoms with van der Waals surface area (Å²) in [5, 5.41) is 11.6. The number of aromatic nitrogens is 2. The first-order chi connectivity index (χ1) is 17.3. The van der Waals surface area contributed by atoms with Crippen LogP contribution in [0, 0.1) is 24.1 Å². The molecule has 2 aromatic carbocycles. The van der Waals surface area contributed by atoms with Gasteiger partial charge in [-0.3, -0.25) is 10.2 Å². The number of morpholine rings is 1. The molecule has 2 heterocycles. The number of ether oxygens (including phenoxy) is 1. The van der Waals surface area contributed by atoms with Crippen LogP contribution in [0.5, 0.6) is 0 Å². The minimum absolute atomic E-state index is 0.137. The van der Waals surface area contributed by atoms with Crippen LogP contribution >= 0.6 is 0 Å². The zero-order valence-corrected chi connectivity index (χ0v) is 21.1. The Morgan fingerprint density at radius 1 is 1.22 bits per heavy atom. The SMILES string of the molecule is Cc1cc([C@@H](NC(=O)c2cc(Cn3ccn(C)c3=N)cc(N3CCOC[C@H]3C)c2)C2CC2)ccc1F. The van der Waals surface area contributed by atoms with Crippen molar-refractivity contribution in [1.29, 1.82) is 5.41 Å². The molecule has 2 fully saturated rings. The molecule has 190 valence electrons. The average molecular weight is 492 g/mol. The molecule has 2 aliphatic rings. The Kier molecular flexibility index (Phi) is 6.71. The number of halogens is 1. The molecule has 1 saturated carbocycles. The summed E-state index contributed by atoms with van der Waals surface area (Å²) < 4.78 is 23.1. The molecule has 1 amide bonds. The average Bonchev–Trinajstić information content (AvgIpc) is 3.66. The first kappa shape index (κ1) is 24.3. The second-order valence-corrected chi connectivity index (χ2v) is 10.2. The number of hydrogen-bond donors (Lipinski definition) is 2. The molecule has 1 aliphatic carbocycles. The van der Waals surface area contributed by atoms with Crippen molar-refractivity contribution in [1.82, 2.24) is 14.5 Å². The van der Waals surface area contributed by atoms with Crippen molar-refractivity contribution in [2.24, 2.45) is 13.0 Å². The van der Waals surface area contributed by atoms with Crippen LogP contribution in [0.1, 0.15) is 52.9 Å². The molecule has 1 aromatic heterocycles. The van der Waals surface area contributed by atoms with Gasteiger partial charge in [-0.2, -0.15) is 0 Å². The number of hydrogen-bond acceptors (Lipinski definition) is 4. The molecule has 0 spiro atoms. The fourth-order valence-electron chi connectivity index (χ4n) is 5.01. The van der Waals surface area contributed by atoms with E-state index in [0.29, 0.717) is 42.4 Å². The highest BCUT2D eigenvalue weighted by molar-refractivity contribution is 5.95. The maximum absolute atomic E-state index is 13.9. The monoisotopic (exact) mass is 491 g/mol. The van der Waals surface area contributed by atoms with Crippen molar-refractivity contribution in [2.45, 2.75) is 45.3 Å². The molecule has 36 heavy (non-hydrogen) atoms. The molecule has 0 unspecified atom stereocenters. The lowest BCUT2D eigenvalue weighted by molar-refractivity contribution is 0.0931. The summed E-state index contributed by atoms with van der Waals surface area (Å²) in [5.74, 6) is -0.00250. The fourth-order valence-corrected chi connectivity index (χ4v) is 5.01. The third-order valence-corrected chi connectivity index (χ3v) is 7.29. The van der Waals surface area contributed by atoms with Crippen LogP contribution in [-0.4, -0.2) is 40.8 Å². The predicted octanol–water partition coefficient (Wildman–Crippen LogP) is 3.91. The minimum Gasteiger partial charge on any atom is -0.377 e. The Hall–Kier alpha value is -3.39. The number of nitrogens with one attached hydrogen (secondary N) is 2. The normalized spacial score (nSPS) is 18.8. The molecule has 5 rings (SSSR count). The van der Waals surface area contributed by atoms with Gasteiger partial charge in [0.15, 0.2) is 0 Å². The molecular weight excluding hydrogens is 457 g/mol. The van der Waals surface area contributed by atoms with Crippen LogP contribution in [0.3, 0.4) is 0 Å². The van der Waals surface area contributed by atoms with Crippen molar-refractivity contribution < 1.29 is 13.9 Å². The molecule has 1 aliphatic heterocycles. The quantitative estimate of drug-likeness (QED) is 0.526. The van der Waals surface area contributed by atoms with Gasteiger partial charge in [0.25, 0.3) is 5.91 Å². The number of carbonyl (C=O) groups is 1. The molecule has 8 heteroatoms. The van der Waals surface area contributed by atoms with Crippen LogP contribution in [-0.2, 0) is 18.3 Å². The number of carbonyl (C=O) groups excluding carboxylic acids is 1. The second kappa shape index (κ2) is 9.93. The summed E-state index contributed by atoms with van der Waals surface area (Å²) in [5.41, 5.74) is 4.46. The summed E-state index contributed by atoms with van der Waals surface area (Å²) in [6, 6.07) is 11.2. The van der Waals surface area contributed by atoms with Gasteiger partial charge in [-0.05, 0) is 73.6 Å². The third kappa shape index (κ3) is 5.09. The highest BCUT2D eigenvalue weighted by Crippen LogP contribution is 2.41. The van der Waals surface area contributed by atoms with E-state index in [1.165, 1.54) is 6.07 Å². The molecule has 0 radical (unpaired) electrons. The van der Waals surface area contributed by atoms with E-state index in [1.807, 2.05) is 42.2 Å². The number of nitrogens with zero attached hydrogens (tertiary/aromatic N) is 3. The summed E-state index contributed by atoms with van der Waals surface area (Å²) in [7, 11) is 1.85. The Morgan fingerprint density at radius 2 is 2.03 bits per heavy atom. The number of anilines is 1. The lowest BCUT2D eigenvalue weighted by Crippen LogP contribution is -2.43. The van der Waals surface area contributed by atoms with Crippen molar-refractivity contribution in [2.75, 3.05) is 24.7 Å². The smallest absolute Gasteiger partial charge is 0.251 e. The highest BCUT2D eigenvalue weighted by Gasteiger charge is 2.34. The second-order valence-electron chi connectivity index (χ2n) is 10.2. The van der Waals surface area contributed by atoms with Crippen molar-refractivity contribution >= 4 is 11.6 Å². The molecule has 3 aromatic rings. The number of rotatable bonds is 7. The predicted molar refractivity (Wildman–Crippen MR) is 136 cm³/mol. The van der Waals surface area contributed by atoms with Crippen LogP contribution in [0.15, 0.2) is 48.8 Å². The Balaban J connectivity index is 1.47. The van der Waals surface area contributed by atoms with Gasteiger partial charge in [-0.15, -0.1) is 0 Å². The molecule has 2 N–H and O–H groups in total. The van der Waals surface area contributed by atoms with E-state index in [0.717, 1.165) is 36.2 Å². The lowest BCUT2D eigenvalue weighted by atomic mass is 9.99. The highest BCUT2D eigenvalue weighted by atomic mass is 19.1. The maximum Gasteiger partial charge on any atom is 0.251 e. The topological polar surface area (TPSA) is 75.3 Å². The van der Waals surface area contributed by atoms with E-state index in [-0.39, 0.29) is 23.8 Å².